The van der Waals surface area contributed by atoms with Crippen molar-refractivity contribution in [1.29, 1.82) is 0 Å². The number of amides is 2. The maximum atomic E-state index is 13.0. The Kier molecular flexibility index (Phi) is 10.8. The van der Waals surface area contributed by atoms with Crippen LogP contribution < -0.4 is 10.6 Å². The molecule has 1 heterocycles. The largest absolute Gasteiger partial charge is 0.390 e. The minimum atomic E-state index is -1.33. The topological polar surface area (TPSA) is 102 Å². The number of rotatable bonds is 12. The average molecular weight is 514 g/mol. The van der Waals surface area contributed by atoms with E-state index in [0.29, 0.717) is 18.5 Å². The third-order valence-corrected chi connectivity index (χ3v) is 7.56. The Balaban J connectivity index is 1.58. The van der Waals surface area contributed by atoms with Crippen LogP contribution in [-0.2, 0) is 11.3 Å². The van der Waals surface area contributed by atoms with Gasteiger partial charge in [-0.05, 0) is 67.0 Å². The summed E-state index contributed by atoms with van der Waals surface area (Å²) in [7, 11) is 0. The average Bonchev–Trinajstić information content (AvgIpc) is 3.39. The molecule has 0 radical (unpaired) electrons. The number of aliphatic hydroxyl groups excluding tert-OH is 2. The fraction of sp³-hybridized carbons (Fsp3) is 0.500. The van der Waals surface area contributed by atoms with E-state index in [9.17, 15) is 19.8 Å². The number of hydrogen-bond donors (Lipinski definition) is 4. The lowest BCUT2D eigenvalue weighted by Crippen LogP contribution is -2.52. The predicted octanol–water partition coefficient (Wildman–Crippen LogP) is 3.61. The first-order valence-corrected chi connectivity index (χ1v) is 13.5. The van der Waals surface area contributed by atoms with E-state index in [4.69, 9.17) is 0 Å². The Labute approximate surface area is 218 Å². The van der Waals surface area contributed by atoms with E-state index < -0.39 is 24.2 Å². The van der Waals surface area contributed by atoms with Crippen molar-refractivity contribution < 1.29 is 19.8 Å². The minimum Gasteiger partial charge on any atom is -0.390 e. The van der Waals surface area contributed by atoms with Gasteiger partial charge in [-0.2, -0.15) is 0 Å². The smallest absolute Gasteiger partial charge is 0.251 e. The van der Waals surface area contributed by atoms with Crippen LogP contribution in [0, 0.1) is 11.8 Å². The molecular formula is C28H39N3O4S. The van der Waals surface area contributed by atoms with Crippen molar-refractivity contribution in [3.63, 3.8) is 0 Å². The Hall–Kier alpha value is -2.39. The van der Waals surface area contributed by atoms with Gasteiger partial charge in [0.05, 0.1) is 18.1 Å². The molecule has 4 atom stereocenters. The third kappa shape index (κ3) is 8.34. The van der Waals surface area contributed by atoms with E-state index in [0.717, 1.165) is 23.5 Å². The second kappa shape index (κ2) is 13.8. The zero-order valence-electron chi connectivity index (χ0n) is 21.4. The van der Waals surface area contributed by atoms with Crippen LogP contribution in [0.15, 0.2) is 59.5 Å². The summed E-state index contributed by atoms with van der Waals surface area (Å²) in [6.07, 6.45) is 0.270. The van der Waals surface area contributed by atoms with Gasteiger partial charge in [0.2, 0.25) is 5.91 Å². The normalized spacial score (nSPS) is 17.4. The first kappa shape index (κ1) is 28.2. The third-order valence-electron chi connectivity index (χ3n) is 6.46. The first-order valence-electron chi connectivity index (χ1n) is 12.8. The molecule has 2 aromatic carbocycles. The number of carbonyl (C=O) groups excluding carboxylic acids is 2. The predicted molar refractivity (Wildman–Crippen MR) is 143 cm³/mol. The highest BCUT2D eigenvalue weighted by molar-refractivity contribution is 7.97. The molecule has 1 saturated heterocycles. The van der Waals surface area contributed by atoms with Crippen LogP contribution in [-0.4, -0.2) is 57.7 Å². The van der Waals surface area contributed by atoms with Crippen LogP contribution in [0.4, 0.5) is 0 Å². The molecule has 0 spiro atoms. The van der Waals surface area contributed by atoms with Crippen molar-refractivity contribution in [2.45, 2.75) is 69.7 Å². The van der Waals surface area contributed by atoms with Crippen LogP contribution in [0.25, 0.3) is 0 Å². The van der Waals surface area contributed by atoms with Crippen molar-refractivity contribution in [2.75, 3.05) is 13.1 Å². The highest BCUT2D eigenvalue weighted by Gasteiger charge is 2.34. The molecule has 196 valence electrons. The molecule has 0 unspecified atom stereocenters. The Morgan fingerprint density at radius 3 is 2.19 bits per heavy atom. The maximum absolute atomic E-state index is 13.0. The number of benzene rings is 2. The number of nitrogens with zero attached hydrogens (tertiary/aromatic N) is 1. The van der Waals surface area contributed by atoms with Crippen LogP contribution in [0.1, 0.15) is 56.0 Å². The van der Waals surface area contributed by atoms with E-state index in [-0.39, 0.29) is 17.7 Å². The summed E-state index contributed by atoms with van der Waals surface area (Å²) in [4.78, 5) is 26.7. The number of hydrogen-bond acceptors (Lipinski definition) is 6. The highest BCUT2D eigenvalue weighted by atomic mass is 32.2. The van der Waals surface area contributed by atoms with Crippen molar-refractivity contribution >= 4 is 23.8 Å². The molecule has 2 aromatic rings. The van der Waals surface area contributed by atoms with E-state index in [1.165, 1.54) is 12.8 Å². The molecular weight excluding hydrogens is 474 g/mol. The SMILES string of the molecule is CC(C)C[C@H](NC(=O)c1ccc(SN2CCCC2)cc1)[C@@H](O)[C@H](O)[C@@H](C)C(=O)NCc1ccccc1. The number of carbonyl (C=O) groups is 2. The van der Waals surface area contributed by atoms with Gasteiger partial charge in [-0.15, -0.1) is 0 Å². The molecule has 8 heteroatoms. The summed E-state index contributed by atoms with van der Waals surface area (Å²) in [5.74, 6) is -1.35. The van der Waals surface area contributed by atoms with E-state index in [1.807, 2.05) is 56.3 Å². The standard InChI is InChI=1S/C28H39N3O4S/c1-19(2)17-24(26(33)25(32)20(3)27(34)29-18-21-9-5-4-6-10-21)30-28(35)22-11-13-23(14-12-22)36-31-15-7-8-16-31/h4-6,9-14,19-20,24-26,32-33H,7-8,15-18H2,1-3H3,(H,29,34)(H,30,35)/t20-,24+,25-,26-/m1/s1. The summed E-state index contributed by atoms with van der Waals surface area (Å²) in [6.45, 7) is 8.04. The minimum absolute atomic E-state index is 0.165. The molecule has 1 fully saturated rings. The summed E-state index contributed by atoms with van der Waals surface area (Å²) >= 11 is 1.70. The number of aliphatic hydroxyl groups is 2. The molecule has 0 aromatic heterocycles. The van der Waals surface area contributed by atoms with Gasteiger partial charge in [-0.25, -0.2) is 4.31 Å². The van der Waals surface area contributed by atoms with Crippen molar-refractivity contribution in [1.82, 2.24) is 14.9 Å². The molecule has 7 nitrogen and oxygen atoms in total. The molecule has 3 rings (SSSR count). The second-order valence-corrected chi connectivity index (χ2v) is 11.1. The van der Waals surface area contributed by atoms with E-state index in [1.54, 1.807) is 31.0 Å². The van der Waals surface area contributed by atoms with E-state index in [2.05, 4.69) is 14.9 Å². The Morgan fingerprint density at radius 2 is 1.58 bits per heavy atom. The molecule has 1 aliphatic heterocycles. The molecule has 0 aliphatic carbocycles. The van der Waals surface area contributed by atoms with Gasteiger partial charge in [0.1, 0.15) is 6.10 Å². The number of nitrogens with one attached hydrogen (secondary N) is 2. The van der Waals surface area contributed by atoms with Crippen LogP contribution in [0.2, 0.25) is 0 Å². The quantitative estimate of drug-likeness (QED) is 0.324. The fourth-order valence-corrected chi connectivity index (χ4v) is 5.27. The monoisotopic (exact) mass is 513 g/mol. The van der Waals surface area contributed by atoms with Gasteiger partial charge in [0.25, 0.3) is 5.91 Å². The van der Waals surface area contributed by atoms with Gasteiger partial charge in [-0.1, -0.05) is 51.1 Å². The van der Waals surface area contributed by atoms with Gasteiger partial charge < -0.3 is 20.8 Å². The van der Waals surface area contributed by atoms with E-state index >= 15 is 0 Å². The lowest BCUT2D eigenvalue weighted by molar-refractivity contribution is -0.132. The molecule has 0 saturated carbocycles. The summed E-state index contributed by atoms with van der Waals surface area (Å²) in [5.41, 5.74) is 1.44. The molecule has 1 aliphatic rings. The first-order chi connectivity index (χ1) is 17.2. The molecule has 4 N–H and O–H groups in total. The van der Waals surface area contributed by atoms with Gasteiger partial charge >= 0.3 is 0 Å². The molecule has 2 amide bonds. The zero-order valence-corrected chi connectivity index (χ0v) is 22.2. The van der Waals surface area contributed by atoms with Gasteiger partial charge in [0, 0.05) is 30.1 Å². The van der Waals surface area contributed by atoms with Crippen molar-refractivity contribution in [2.24, 2.45) is 11.8 Å². The fourth-order valence-electron chi connectivity index (χ4n) is 4.27. The second-order valence-electron chi connectivity index (χ2n) is 9.93. The zero-order chi connectivity index (χ0) is 26.1. The van der Waals surface area contributed by atoms with Crippen LogP contribution >= 0.6 is 11.9 Å². The van der Waals surface area contributed by atoms with Crippen LogP contribution in [0.5, 0.6) is 0 Å². The lowest BCUT2D eigenvalue weighted by atomic mass is 9.89. The van der Waals surface area contributed by atoms with Gasteiger partial charge in [0.15, 0.2) is 0 Å². The van der Waals surface area contributed by atoms with Gasteiger partial charge in [-0.3, -0.25) is 9.59 Å². The van der Waals surface area contributed by atoms with Crippen molar-refractivity contribution in [3.8, 4) is 0 Å². The summed E-state index contributed by atoms with van der Waals surface area (Å²) in [6, 6.07) is 16.2. The van der Waals surface area contributed by atoms with Crippen molar-refractivity contribution in [3.05, 3.63) is 65.7 Å². The summed E-state index contributed by atoms with van der Waals surface area (Å²) in [5, 5.41) is 27.5. The lowest BCUT2D eigenvalue weighted by Gasteiger charge is -2.31. The van der Waals surface area contributed by atoms with Crippen LogP contribution in [0.3, 0.4) is 0 Å². The Morgan fingerprint density at radius 1 is 0.944 bits per heavy atom. The highest BCUT2D eigenvalue weighted by Crippen LogP contribution is 2.27. The molecule has 0 bridgehead atoms. The maximum Gasteiger partial charge on any atom is 0.251 e. The molecule has 36 heavy (non-hydrogen) atoms. The Bertz CT molecular complexity index is 965. The summed E-state index contributed by atoms with van der Waals surface area (Å²) < 4.78 is 2.32.